The van der Waals surface area contributed by atoms with Gasteiger partial charge in [-0.05, 0) is 20.8 Å². The molecule has 0 N–H and O–H groups in total. The number of amides is 1. The van der Waals surface area contributed by atoms with E-state index in [4.69, 9.17) is 27.9 Å². The maximum Gasteiger partial charge on any atom is 0.258 e. The van der Waals surface area contributed by atoms with E-state index in [2.05, 4.69) is 0 Å². The molecule has 1 atom stereocenters. The molecule has 3 nitrogen and oxygen atoms in total. The standard InChI is InChI=1S/C8H13Cl2NO2/c1-5-4-13-8(2,3)11(5)7(12)6(9)10/h5-6H,4H2,1-3H3. The third kappa shape index (κ3) is 2.09. The Morgan fingerprint density at radius 1 is 1.62 bits per heavy atom. The molecule has 1 rings (SSSR count). The Hall–Kier alpha value is 0.01000. The summed E-state index contributed by atoms with van der Waals surface area (Å²) in [7, 11) is 0. The van der Waals surface area contributed by atoms with Crippen LogP contribution in [-0.2, 0) is 9.53 Å². The first-order valence-corrected chi connectivity index (χ1v) is 4.99. The van der Waals surface area contributed by atoms with Crippen LogP contribution in [0.15, 0.2) is 0 Å². The van der Waals surface area contributed by atoms with Crippen LogP contribution >= 0.6 is 23.2 Å². The summed E-state index contributed by atoms with van der Waals surface area (Å²) in [5.41, 5.74) is -0.599. The number of rotatable bonds is 1. The van der Waals surface area contributed by atoms with Crippen LogP contribution in [0.4, 0.5) is 0 Å². The highest BCUT2D eigenvalue weighted by molar-refractivity contribution is 6.53. The quantitative estimate of drug-likeness (QED) is 0.637. The lowest BCUT2D eigenvalue weighted by atomic mass is 10.2. The lowest BCUT2D eigenvalue weighted by Gasteiger charge is -2.32. The number of carbonyl (C=O) groups is 1. The fourth-order valence-electron chi connectivity index (χ4n) is 1.59. The van der Waals surface area contributed by atoms with E-state index >= 15 is 0 Å². The van der Waals surface area contributed by atoms with Crippen molar-refractivity contribution in [3.63, 3.8) is 0 Å². The van der Waals surface area contributed by atoms with Crippen molar-refractivity contribution in [3.05, 3.63) is 0 Å². The summed E-state index contributed by atoms with van der Waals surface area (Å²) in [6.07, 6.45) is 0. The third-order valence-corrected chi connectivity index (χ3v) is 2.50. The molecule has 0 aromatic carbocycles. The molecule has 0 spiro atoms. The Balaban J connectivity index is 2.82. The van der Waals surface area contributed by atoms with Gasteiger partial charge in [-0.15, -0.1) is 0 Å². The van der Waals surface area contributed by atoms with Gasteiger partial charge in [0, 0.05) is 0 Å². The molecule has 1 aliphatic rings. The van der Waals surface area contributed by atoms with Crippen LogP contribution in [0.5, 0.6) is 0 Å². The Morgan fingerprint density at radius 3 is 2.46 bits per heavy atom. The average molecular weight is 226 g/mol. The molecule has 1 amide bonds. The molecule has 1 aliphatic heterocycles. The SMILES string of the molecule is CC1COC(C)(C)N1C(=O)C(Cl)Cl. The van der Waals surface area contributed by atoms with E-state index in [0.717, 1.165) is 0 Å². The summed E-state index contributed by atoms with van der Waals surface area (Å²) in [5, 5.41) is 0. The highest BCUT2D eigenvalue weighted by Crippen LogP contribution is 2.28. The maximum atomic E-state index is 11.6. The molecular weight excluding hydrogens is 213 g/mol. The number of ether oxygens (including phenoxy) is 1. The van der Waals surface area contributed by atoms with E-state index < -0.39 is 10.6 Å². The number of hydrogen-bond acceptors (Lipinski definition) is 2. The zero-order valence-electron chi connectivity index (χ0n) is 7.88. The number of hydrogen-bond donors (Lipinski definition) is 0. The predicted octanol–water partition coefficient (Wildman–Crippen LogP) is 1.77. The molecule has 0 radical (unpaired) electrons. The highest BCUT2D eigenvalue weighted by atomic mass is 35.5. The molecule has 0 aromatic rings. The summed E-state index contributed by atoms with van der Waals surface area (Å²) in [6, 6.07) is 0.0301. The van der Waals surface area contributed by atoms with E-state index in [1.54, 1.807) is 4.90 Å². The van der Waals surface area contributed by atoms with Crippen molar-refractivity contribution < 1.29 is 9.53 Å². The molecule has 0 aromatic heterocycles. The lowest BCUT2D eigenvalue weighted by molar-refractivity contribution is -0.143. The van der Waals surface area contributed by atoms with Crippen LogP contribution in [0, 0.1) is 0 Å². The molecule has 5 heteroatoms. The fraction of sp³-hybridized carbons (Fsp3) is 0.875. The number of alkyl halides is 2. The monoisotopic (exact) mass is 225 g/mol. The summed E-state index contributed by atoms with van der Waals surface area (Å²) >= 11 is 11.0. The number of carbonyl (C=O) groups excluding carboxylic acids is 1. The lowest BCUT2D eigenvalue weighted by Crippen LogP contribution is -2.49. The summed E-state index contributed by atoms with van der Waals surface area (Å²) in [4.78, 5) is 12.1. The first kappa shape index (κ1) is 11.1. The third-order valence-electron chi connectivity index (χ3n) is 2.12. The van der Waals surface area contributed by atoms with E-state index in [-0.39, 0.29) is 11.9 Å². The van der Waals surface area contributed by atoms with Crippen LogP contribution in [0.3, 0.4) is 0 Å². The molecule has 76 valence electrons. The molecule has 1 heterocycles. The second-order valence-corrected chi connectivity index (χ2v) is 4.71. The van der Waals surface area contributed by atoms with E-state index in [1.165, 1.54) is 0 Å². The Morgan fingerprint density at radius 2 is 2.15 bits per heavy atom. The van der Waals surface area contributed by atoms with Gasteiger partial charge in [0.05, 0.1) is 12.6 Å². The minimum atomic E-state index is -1.01. The van der Waals surface area contributed by atoms with Gasteiger partial charge in [0.2, 0.25) is 0 Å². The molecule has 0 aliphatic carbocycles. The second kappa shape index (κ2) is 3.64. The number of halogens is 2. The smallest absolute Gasteiger partial charge is 0.258 e. The van der Waals surface area contributed by atoms with Crippen molar-refractivity contribution >= 4 is 29.1 Å². The summed E-state index contributed by atoms with van der Waals surface area (Å²) in [5.74, 6) is -0.293. The van der Waals surface area contributed by atoms with E-state index in [1.807, 2.05) is 20.8 Å². The van der Waals surface area contributed by atoms with Gasteiger partial charge in [0.1, 0.15) is 5.72 Å². The Labute approximate surface area is 87.9 Å². The van der Waals surface area contributed by atoms with Crippen LogP contribution in [-0.4, -0.2) is 34.0 Å². The molecular formula is C8H13Cl2NO2. The fourth-order valence-corrected chi connectivity index (χ4v) is 1.80. The van der Waals surface area contributed by atoms with Crippen molar-refractivity contribution in [2.45, 2.75) is 37.4 Å². The Kier molecular flexibility index (Phi) is 3.10. The van der Waals surface area contributed by atoms with Gasteiger partial charge in [0.25, 0.3) is 5.91 Å². The number of nitrogens with zero attached hydrogens (tertiary/aromatic N) is 1. The molecule has 1 fully saturated rings. The molecule has 1 saturated heterocycles. The van der Waals surface area contributed by atoms with Gasteiger partial charge in [0.15, 0.2) is 4.84 Å². The zero-order valence-corrected chi connectivity index (χ0v) is 9.39. The molecule has 0 bridgehead atoms. The largest absolute Gasteiger partial charge is 0.354 e. The molecule has 0 saturated carbocycles. The van der Waals surface area contributed by atoms with Gasteiger partial charge < -0.3 is 9.64 Å². The zero-order chi connectivity index (χ0) is 10.2. The van der Waals surface area contributed by atoms with Gasteiger partial charge in [-0.1, -0.05) is 23.2 Å². The molecule has 1 unspecified atom stereocenters. The van der Waals surface area contributed by atoms with Crippen LogP contribution in [0.1, 0.15) is 20.8 Å². The van der Waals surface area contributed by atoms with Gasteiger partial charge in [-0.3, -0.25) is 4.79 Å². The van der Waals surface area contributed by atoms with E-state index in [0.29, 0.717) is 6.61 Å². The predicted molar refractivity (Wildman–Crippen MR) is 51.8 cm³/mol. The van der Waals surface area contributed by atoms with Crippen molar-refractivity contribution in [1.82, 2.24) is 4.90 Å². The Bertz CT molecular complexity index is 218. The first-order chi connectivity index (χ1) is 5.86. The van der Waals surface area contributed by atoms with Crippen molar-refractivity contribution in [2.75, 3.05) is 6.61 Å². The van der Waals surface area contributed by atoms with Gasteiger partial charge in [-0.25, -0.2) is 0 Å². The van der Waals surface area contributed by atoms with Crippen LogP contribution in [0.25, 0.3) is 0 Å². The topological polar surface area (TPSA) is 29.5 Å². The van der Waals surface area contributed by atoms with Crippen LogP contribution < -0.4 is 0 Å². The van der Waals surface area contributed by atoms with Crippen LogP contribution in [0.2, 0.25) is 0 Å². The minimum absolute atomic E-state index is 0.0301. The van der Waals surface area contributed by atoms with Crippen molar-refractivity contribution in [1.29, 1.82) is 0 Å². The maximum absolute atomic E-state index is 11.6. The van der Waals surface area contributed by atoms with E-state index in [9.17, 15) is 4.79 Å². The first-order valence-electron chi connectivity index (χ1n) is 4.11. The van der Waals surface area contributed by atoms with Crippen molar-refractivity contribution in [2.24, 2.45) is 0 Å². The van der Waals surface area contributed by atoms with Gasteiger partial charge in [-0.2, -0.15) is 0 Å². The normalized spacial score (nSPS) is 26.9. The van der Waals surface area contributed by atoms with Crippen molar-refractivity contribution in [3.8, 4) is 0 Å². The van der Waals surface area contributed by atoms with Gasteiger partial charge >= 0.3 is 0 Å². The minimum Gasteiger partial charge on any atom is -0.354 e. The average Bonchev–Trinajstić information content (AvgIpc) is 2.25. The summed E-state index contributed by atoms with van der Waals surface area (Å²) in [6.45, 7) is 6.08. The molecule has 13 heavy (non-hydrogen) atoms. The highest BCUT2D eigenvalue weighted by Gasteiger charge is 2.42. The summed E-state index contributed by atoms with van der Waals surface area (Å²) < 4.78 is 5.42. The second-order valence-electron chi connectivity index (χ2n) is 3.62.